The molecule has 0 aliphatic carbocycles. The molecule has 0 aromatic carbocycles. The molecule has 0 radical (unpaired) electrons. The van der Waals surface area contributed by atoms with Gasteiger partial charge in [0.2, 0.25) is 0 Å². The lowest BCUT2D eigenvalue weighted by atomic mass is 9.99. The van der Waals surface area contributed by atoms with Crippen LogP contribution in [0.1, 0.15) is 310 Å². The summed E-state index contributed by atoms with van der Waals surface area (Å²) in [7, 11) is 0. The SMILES string of the molecule is CCCCCCCCCCCCCCCCCCC(=O)OC[C@@H](COC(=O)CCCCCCCCCCCCCCCCC(C)CC)OC(=O)CCCCCCCCCCC. The maximum absolute atomic E-state index is 12.7. The number of hydrogen-bond acceptors (Lipinski definition) is 6. The lowest BCUT2D eigenvalue weighted by molar-refractivity contribution is -0.167. The van der Waals surface area contributed by atoms with Crippen LogP contribution in [0, 0.1) is 5.92 Å². The molecular weight excluding hydrogens is 757 g/mol. The molecular formula is C55H106O6. The van der Waals surface area contributed by atoms with Crippen LogP contribution in [0.25, 0.3) is 0 Å². The number of ether oxygens (including phenoxy) is 3. The van der Waals surface area contributed by atoms with Crippen molar-refractivity contribution < 1.29 is 28.6 Å². The van der Waals surface area contributed by atoms with Crippen molar-refractivity contribution in [2.24, 2.45) is 5.92 Å². The van der Waals surface area contributed by atoms with Crippen molar-refractivity contribution in [1.82, 2.24) is 0 Å². The second-order valence-electron chi connectivity index (χ2n) is 19.1. The Labute approximate surface area is 380 Å². The van der Waals surface area contributed by atoms with E-state index in [2.05, 4.69) is 27.7 Å². The molecule has 0 aromatic heterocycles. The molecule has 0 saturated carbocycles. The van der Waals surface area contributed by atoms with Crippen molar-refractivity contribution in [1.29, 1.82) is 0 Å². The van der Waals surface area contributed by atoms with Crippen molar-refractivity contribution >= 4 is 17.9 Å². The summed E-state index contributed by atoms with van der Waals surface area (Å²) >= 11 is 0. The molecule has 0 heterocycles. The Balaban J connectivity index is 4.20. The van der Waals surface area contributed by atoms with Gasteiger partial charge in [-0.2, -0.15) is 0 Å². The molecule has 1 unspecified atom stereocenters. The normalized spacial score (nSPS) is 12.4. The maximum Gasteiger partial charge on any atom is 0.306 e. The van der Waals surface area contributed by atoms with Crippen LogP contribution < -0.4 is 0 Å². The van der Waals surface area contributed by atoms with Crippen molar-refractivity contribution in [3.63, 3.8) is 0 Å². The van der Waals surface area contributed by atoms with Crippen molar-refractivity contribution in [3.05, 3.63) is 0 Å². The van der Waals surface area contributed by atoms with Gasteiger partial charge in [-0.3, -0.25) is 14.4 Å². The topological polar surface area (TPSA) is 78.9 Å². The number of carbonyl (C=O) groups excluding carboxylic acids is 3. The van der Waals surface area contributed by atoms with E-state index in [1.54, 1.807) is 0 Å². The van der Waals surface area contributed by atoms with Crippen molar-refractivity contribution in [2.75, 3.05) is 13.2 Å². The van der Waals surface area contributed by atoms with E-state index in [0.717, 1.165) is 63.7 Å². The number of carbonyl (C=O) groups is 3. The smallest absolute Gasteiger partial charge is 0.306 e. The molecule has 2 atom stereocenters. The van der Waals surface area contributed by atoms with Gasteiger partial charge in [-0.1, -0.05) is 272 Å². The Morgan fingerprint density at radius 3 is 0.852 bits per heavy atom. The zero-order chi connectivity index (χ0) is 44.5. The van der Waals surface area contributed by atoms with E-state index >= 15 is 0 Å². The number of rotatable bonds is 50. The van der Waals surface area contributed by atoms with Gasteiger partial charge in [0.15, 0.2) is 6.10 Å². The van der Waals surface area contributed by atoms with Gasteiger partial charge >= 0.3 is 17.9 Å². The highest BCUT2D eigenvalue weighted by Gasteiger charge is 2.19. The summed E-state index contributed by atoms with van der Waals surface area (Å²) in [4.78, 5) is 37.9. The summed E-state index contributed by atoms with van der Waals surface area (Å²) in [5, 5.41) is 0. The lowest BCUT2D eigenvalue weighted by Crippen LogP contribution is -2.30. The molecule has 6 heteroatoms. The standard InChI is InChI=1S/C55H106O6/c1-5-8-10-12-14-16-17-18-19-20-24-27-31-34-38-42-46-53(56)59-49-52(61-55(58)48-44-40-36-29-15-13-11-9-6-2)50-60-54(57)47-43-39-35-32-28-25-22-21-23-26-30-33-37-41-45-51(4)7-3/h51-52H,5-50H2,1-4H3/t51?,52-/m0/s1. The molecule has 0 spiro atoms. The molecule has 0 aliphatic rings. The monoisotopic (exact) mass is 863 g/mol. The highest BCUT2D eigenvalue weighted by molar-refractivity contribution is 5.71. The van der Waals surface area contributed by atoms with E-state index in [9.17, 15) is 14.4 Å². The fraction of sp³-hybridized carbons (Fsp3) is 0.945. The second-order valence-corrected chi connectivity index (χ2v) is 19.1. The molecule has 0 fully saturated rings. The van der Waals surface area contributed by atoms with Gasteiger partial charge in [0.1, 0.15) is 13.2 Å². The molecule has 0 aromatic rings. The minimum Gasteiger partial charge on any atom is -0.462 e. The Kier molecular flexibility index (Phi) is 48.1. The average Bonchev–Trinajstić information content (AvgIpc) is 3.26. The molecule has 0 saturated heterocycles. The quantitative estimate of drug-likeness (QED) is 0.0344. The van der Waals surface area contributed by atoms with E-state index in [0.29, 0.717) is 19.3 Å². The van der Waals surface area contributed by atoms with Gasteiger partial charge in [0.25, 0.3) is 0 Å². The van der Waals surface area contributed by atoms with Crippen molar-refractivity contribution in [3.8, 4) is 0 Å². The van der Waals surface area contributed by atoms with Gasteiger partial charge in [-0.15, -0.1) is 0 Å². The summed E-state index contributed by atoms with van der Waals surface area (Å²) in [5.74, 6) is 0.0529. The molecule has 0 amide bonds. The van der Waals surface area contributed by atoms with Crippen molar-refractivity contribution in [2.45, 2.75) is 316 Å². The van der Waals surface area contributed by atoms with Crippen LogP contribution in [-0.2, 0) is 28.6 Å². The summed E-state index contributed by atoms with van der Waals surface area (Å²) in [6.45, 7) is 9.07. The summed E-state index contributed by atoms with van der Waals surface area (Å²) in [6.07, 6.45) is 52.3. The Morgan fingerprint density at radius 2 is 0.574 bits per heavy atom. The largest absolute Gasteiger partial charge is 0.462 e. The van der Waals surface area contributed by atoms with Crippen LogP contribution in [0.15, 0.2) is 0 Å². The third-order valence-corrected chi connectivity index (χ3v) is 12.9. The third kappa shape index (κ3) is 47.7. The third-order valence-electron chi connectivity index (χ3n) is 12.9. The van der Waals surface area contributed by atoms with Crippen LogP contribution >= 0.6 is 0 Å². The lowest BCUT2D eigenvalue weighted by Gasteiger charge is -2.18. The Bertz CT molecular complexity index is 920. The first-order valence-electron chi connectivity index (χ1n) is 27.4. The minimum absolute atomic E-state index is 0.0625. The first kappa shape index (κ1) is 59.4. The molecule has 61 heavy (non-hydrogen) atoms. The van der Waals surface area contributed by atoms with Crippen LogP contribution in [0.3, 0.4) is 0 Å². The predicted molar refractivity (Wildman–Crippen MR) is 261 cm³/mol. The average molecular weight is 863 g/mol. The first-order valence-corrected chi connectivity index (χ1v) is 27.4. The van der Waals surface area contributed by atoms with Crippen LogP contribution in [0.4, 0.5) is 0 Å². The molecule has 362 valence electrons. The zero-order valence-corrected chi connectivity index (χ0v) is 41.6. The van der Waals surface area contributed by atoms with Gasteiger partial charge in [0, 0.05) is 19.3 Å². The van der Waals surface area contributed by atoms with Crippen LogP contribution in [0.2, 0.25) is 0 Å². The second kappa shape index (κ2) is 49.4. The molecule has 0 rings (SSSR count). The summed E-state index contributed by atoms with van der Waals surface area (Å²) < 4.78 is 16.8. The fourth-order valence-corrected chi connectivity index (χ4v) is 8.36. The van der Waals surface area contributed by atoms with E-state index in [4.69, 9.17) is 14.2 Å². The molecule has 0 N–H and O–H groups in total. The van der Waals surface area contributed by atoms with Gasteiger partial charge in [-0.25, -0.2) is 0 Å². The van der Waals surface area contributed by atoms with Gasteiger partial charge in [0.05, 0.1) is 0 Å². The van der Waals surface area contributed by atoms with E-state index in [1.165, 1.54) is 205 Å². The molecule has 0 bridgehead atoms. The van der Waals surface area contributed by atoms with E-state index < -0.39 is 6.10 Å². The number of unbranched alkanes of at least 4 members (excludes halogenated alkanes) is 36. The maximum atomic E-state index is 12.7. The molecule has 0 aliphatic heterocycles. The van der Waals surface area contributed by atoms with Crippen LogP contribution in [0.5, 0.6) is 0 Å². The van der Waals surface area contributed by atoms with Crippen LogP contribution in [-0.4, -0.2) is 37.2 Å². The number of esters is 3. The van der Waals surface area contributed by atoms with Gasteiger partial charge < -0.3 is 14.2 Å². The molecule has 6 nitrogen and oxygen atoms in total. The van der Waals surface area contributed by atoms with Gasteiger partial charge in [-0.05, 0) is 25.2 Å². The highest BCUT2D eigenvalue weighted by Crippen LogP contribution is 2.18. The van der Waals surface area contributed by atoms with E-state index in [1.807, 2.05) is 0 Å². The summed E-state index contributed by atoms with van der Waals surface area (Å²) in [5.41, 5.74) is 0. The first-order chi connectivity index (χ1) is 29.9. The highest BCUT2D eigenvalue weighted by atomic mass is 16.6. The minimum atomic E-state index is -0.760. The Morgan fingerprint density at radius 1 is 0.328 bits per heavy atom. The fourth-order valence-electron chi connectivity index (χ4n) is 8.36. The van der Waals surface area contributed by atoms with E-state index in [-0.39, 0.29) is 31.1 Å². The number of hydrogen-bond donors (Lipinski definition) is 0. The zero-order valence-electron chi connectivity index (χ0n) is 41.6. The predicted octanol–water partition coefficient (Wildman–Crippen LogP) is 17.8. The Hall–Kier alpha value is -1.59. The summed E-state index contributed by atoms with van der Waals surface area (Å²) in [6, 6.07) is 0.